The van der Waals surface area contributed by atoms with Crippen molar-refractivity contribution in [1.82, 2.24) is 29.5 Å². The molecule has 4 rings (SSSR count). The zero-order valence-corrected chi connectivity index (χ0v) is 19.0. The van der Waals surface area contributed by atoms with Crippen LogP contribution in [0, 0.1) is 5.92 Å². The van der Waals surface area contributed by atoms with E-state index in [1.807, 2.05) is 29.2 Å². The summed E-state index contributed by atoms with van der Waals surface area (Å²) in [5.41, 5.74) is 3.18. The second-order valence-corrected chi connectivity index (χ2v) is 8.40. The van der Waals surface area contributed by atoms with Crippen LogP contribution in [0.25, 0.3) is 11.0 Å². The van der Waals surface area contributed by atoms with Gasteiger partial charge in [-0.3, -0.25) is 19.1 Å². The highest BCUT2D eigenvalue weighted by Crippen LogP contribution is 2.26. The number of nitrogens with zero attached hydrogens (tertiary/aromatic N) is 5. The molecule has 0 fully saturated rings. The van der Waals surface area contributed by atoms with Crippen molar-refractivity contribution in [3.8, 4) is 0 Å². The minimum atomic E-state index is -0.161. The Hall–Kier alpha value is -3.42. The Labute approximate surface area is 187 Å². The molecule has 2 unspecified atom stereocenters. The van der Waals surface area contributed by atoms with Crippen LogP contribution < -0.4 is 10.9 Å². The number of hydrogen-bond donors (Lipinski definition) is 2. The lowest BCUT2D eigenvalue weighted by Crippen LogP contribution is -2.18. The first-order valence-corrected chi connectivity index (χ1v) is 11.3. The number of benzene rings is 1. The Morgan fingerprint density at radius 1 is 1.19 bits per heavy atom. The Bertz CT molecular complexity index is 1190. The monoisotopic (exact) mass is 433 g/mol. The molecule has 3 heterocycles. The molecule has 8 nitrogen and oxygen atoms in total. The molecule has 168 valence electrons. The summed E-state index contributed by atoms with van der Waals surface area (Å²) in [7, 11) is 1.79. The number of anilines is 1. The van der Waals surface area contributed by atoms with Crippen molar-refractivity contribution in [1.29, 1.82) is 0 Å². The minimum Gasteiger partial charge on any atom is -0.356 e. The van der Waals surface area contributed by atoms with Crippen molar-refractivity contribution in [3.63, 3.8) is 0 Å². The lowest BCUT2D eigenvalue weighted by molar-refractivity contribution is 0.391. The second kappa shape index (κ2) is 9.80. The van der Waals surface area contributed by atoms with E-state index in [0.717, 1.165) is 37.9 Å². The molecule has 0 amide bonds. The maximum absolute atomic E-state index is 12.6. The smallest absolute Gasteiger partial charge is 0.278 e. The van der Waals surface area contributed by atoms with Gasteiger partial charge in [0, 0.05) is 26.0 Å². The Balaban J connectivity index is 1.42. The van der Waals surface area contributed by atoms with Gasteiger partial charge in [0.25, 0.3) is 5.56 Å². The van der Waals surface area contributed by atoms with Crippen molar-refractivity contribution >= 4 is 17.0 Å². The third kappa shape index (κ3) is 4.74. The van der Waals surface area contributed by atoms with Gasteiger partial charge in [-0.05, 0) is 36.8 Å². The van der Waals surface area contributed by atoms with Gasteiger partial charge in [0.2, 0.25) is 5.95 Å². The molecule has 0 saturated heterocycles. The summed E-state index contributed by atoms with van der Waals surface area (Å²) in [6.07, 6.45) is 7.53. The zero-order valence-electron chi connectivity index (χ0n) is 19.0. The number of hydrogen-bond acceptors (Lipinski definition) is 5. The van der Waals surface area contributed by atoms with Crippen LogP contribution in [0.5, 0.6) is 0 Å². The van der Waals surface area contributed by atoms with E-state index in [0.29, 0.717) is 22.9 Å². The van der Waals surface area contributed by atoms with Gasteiger partial charge < -0.3 is 5.32 Å². The summed E-state index contributed by atoms with van der Waals surface area (Å²) in [6.45, 7) is 5.07. The molecule has 1 aromatic carbocycles. The number of nitrogens with one attached hydrogen (secondary N) is 2. The molecule has 32 heavy (non-hydrogen) atoms. The van der Waals surface area contributed by atoms with Gasteiger partial charge in [0.15, 0.2) is 5.52 Å². The van der Waals surface area contributed by atoms with E-state index in [-0.39, 0.29) is 11.6 Å². The maximum atomic E-state index is 12.6. The topological polar surface area (TPSA) is 93.4 Å². The fourth-order valence-electron chi connectivity index (χ4n) is 4.21. The molecule has 0 aliphatic heterocycles. The van der Waals surface area contributed by atoms with E-state index in [1.165, 1.54) is 5.56 Å². The summed E-state index contributed by atoms with van der Waals surface area (Å²) in [6, 6.07) is 12.7. The average Bonchev–Trinajstić information content (AvgIpc) is 3.42. The number of rotatable bonds is 10. The number of fused-ring (bicyclic) bond motifs is 1. The van der Waals surface area contributed by atoms with E-state index in [9.17, 15) is 4.79 Å². The number of aromatic amines is 1. The highest BCUT2D eigenvalue weighted by atomic mass is 16.1. The molecule has 0 aliphatic carbocycles. The van der Waals surface area contributed by atoms with Crippen LogP contribution >= 0.6 is 0 Å². The van der Waals surface area contributed by atoms with Crippen molar-refractivity contribution in [2.24, 2.45) is 13.0 Å². The van der Waals surface area contributed by atoms with E-state index in [4.69, 9.17) is 0 Å². The van der Waals surface area contributed by atoms with Crippen LogP contribution in [0.2, 0.25) is 0 Å². The molecule has 0 radical (unpaired) electrons. The van der Waals surface area contributed by atoms with Crippen LogP contribution in [-0.2, 0) is 13.5 Å². The lowest BCUT2D eigenvalue weighted by Gasteiger charge is -2.22. The standard InChI is InChI=1S/C24H31N7O/c1-4-9-19-21-22(30(3)29-19)23(32)28-24(27-21)25-14-12-17(2)16-20(31-15-8-13-26-31)18-10-6-5-7-11-18/h5-8,10-11,13,15,17,20H,4,9,12,14,16H2,1-3H3,(H2,25,27,28,32). The van der Waals surface area contributed by atoms with Gasteiger partial charge in [-0.25, -0.2) is 4.98 Å². The van der Waals surface area contributed by atoms with Gasteiger partial charge in [0.05, 0.1) is 11.7 Å². The molecule has 0 saturated carbocycles. The fraction of sp³-hybridized carbons (Fsp3) is 0.417. The van der Waals surface area contributed by atoms with Gasteiger partial charge in [-0.15, -0.1) is 0 Å². The first-order chi connectivity index (χ1) is 15.6. The number of H-pyrrole nitrogens is 1. The molecule has 4 aromatic rings. The highest BCUT2D eigenvalue weighted by Gasteiger charge is 2.18. The van der Waals surface area contributed by atoms with E-state index >= 15 is 0 Å². The molecular formula is C24H31N7O. The quantitative estimate of drug-likeness (QED) is 0.395. The zero-order chi connectivity index (χ0) is 22.5. The van der Waals surface area contributed by atoms with Crippen molar-refractivity contribution < 1.29 is 0 Å². The Morgan fingerprint density at radius 2 is 2.00 bits per heavy atom. The van der Waals surface area contributed by atoms with E-state index < -0.39 is 0 Å². The Kier molecular flexibility index (Phi) is 6.68. The summed E-state index contributed by atoms with van der Waals surface area (Å²) >= 11 is 0. The predicted molar refractivity (Wildman–Crippen MR) is 127 cm³/mol. The van der Waals surface area contributed by atoms with Crippen LogP contribution in [0.1, 0.15) is 50.4 Å². The lowest BCUT2D eigenvalue weighted by atomic mass is 9.94. The van der Waals surface area contributed by atoms with Crippen LogP contribution in [0.15, 0.2) is 53.6 Å². The first-order valence-electron chi connectivity index (χ1n) is 11.3. The van der Waals surface area contributed by atoms with E-state index in [2.05, 4.69) is 63.6 Å². The van der Waals surface area contributed by atoms with Crippen LogP contribution in [0.3, 0.4) is 0 Å². The van der Waals surface area contributed by atoms with Crippen LogP contribution in [-0.4, -0.2) is 36.1 Å². The highest BCUT2D eigenvalue weighted by molar-refractivity contribution is 5.77. The van der Waals surface area contributed by atoms with Gasteiger partial charge in [-0.2, -0.15) is 10.2 Å². The van der Waals surface area contributed by atoms with Crippen LogP contribution in [0.4, 0.5) is 5.95 Å². The molecule has 8 heteroatoms. The average molecular weight is 434 g/mol. The number of aromatic nitrogens is 6. The molecule has 2 atom stereocenters. The summed E-state index contributed by atoms with van der Waals surface area (Å²) < 4.78 is 3.65. The predicted octanol–water partition coefficient (Wildman–Crippen LogP) is 3.92. The third-order valence-electron chi connectivity index (χ3n) is 5.83. The molecular weight excluding hydrogens is 402 g/mol. The molecule has 3 aromatic heterocycles. The molecule has 0 aliphatic rings. The minimum absolute atomic E-state index is 0.161. The van der Waals surface area contributed by atoms with Crippen molar-refractivity contribution in [2.45, 2.75) is 45.6 Å². The maximum Gasteiger partial charge on any atom is 0.278 e. The van der Waals surface area contributed by atoms with E-state index in [1.54, 1.807) is 11.7 Å². The second-order valence-electron chi connectivity index (χ2n) is 8.40. The largest absolute Gasteiger partial charge is 0.356 e. The molecule has 0 spiro atoms. The summed E-state index contributed by atoms with van der Waals surface area (Å²) in [5, 5.41) is 12.3. The van der Waals surface area contributed by atoms with Gasteiger partial charge in [-0.1, -0.05) is 50.6 Å². The fourth-order valence-corrected chi connectivity index (χ4v) is 4.21. The van der Waals surface area contributed by atoms with Crippen molar-refractivity contribution in [2.75, 3.05) is 11.9 Å². The number of aryl methyl sites for hydroxylation is 2. The summed E-state index contributed by atoms with van der Waals surface area (Å²) in [5.74, 6) is 0.952. The SMILES string of the molecule is CCCc1nn(C)c2c(=O)[nH]c(NCCC(C)CC(c3ccccc3)n3cccn3)nc12. The normalized spacial score (nSPS) is 13.3. The van der Waals surface area contributed by atoms with Gasteiger partial charge >= 0.3 is 0 Å². The molecule has 2 N–H and O–H groups in total. The molecule has 0 bridgehead atoms. The summed E-state index contributed by atoms with van der Waals surface area (Å²) in [4.78, 5) is 20.1. The Morgan fingerprint density at radius 3 is 2.72 bits per heavy atom. The van der Waals surface area contributed by atoms with Gasteiger partial charge in [0.1, 0.15) is 5.52 Å². The van der Waals surface area contributed by atoms with Crippen molar-refractivity contribution in [3.05, 3.63) is 70.4 Å². The third-order valence-corrected chi connectivity index (χ3v) is 5.83. The first kappa shape index (κ1) is 21.8.